The number of imidazole rings is 1. The Morgan fingerprint density at radius 1 is 1.33 bits per heavy atom. The van der Waals surface area contributed by atoms with Crippen LogP contribution in [0.5, 0.6) is 0 Å². The summed E-state index contributed by atoms with van der Waals surface area (Å²) in [7, 11) is 0. The Kier molecular flexibility index (Phi) is 3.01. The van der Waals surface area contributed by atoms with Gasteiger partial charge in [-0.25, -0.2) is 9.97 Å². The fourth-order valence-corrected chi connectivity index (χ4v) is 3.70. The van der Waals surface area contributed by atoms with E-state index < -0.39 is 0 Å². The summed E-state index contributed by atoms with van der Waals surface area (Å²) >= 11 is 3.22. The Bertz CT molecular complexity index is 872. The lowest BCUT2D eigenvalue weighted by Crippen LogP contribution is -1.97. The van der Waals surface area contributed by atoms with Crippen LogP contribution in [0.15, 0.2) is 39.8 Å². The summed E-state index contributed by atoms with van der Waals surface area (Å²) < 4.78 is 7.39. The highest BCUT2D eigenvalue weighted by Crippen LogP contribution is 2.29. The first-order valence-electron chi connectivity index (χ1n) is 6.45. The average molecular weight is 316 g/mol. The molecule has 21 heavy (non-hydrogen) atoms. The SMILES string of the molecule is Cc1nc2sccn2c1-c1csc(NCc2ccco2)n1. The summed E-state index contributed by atoms with van der Waals surface area (Å²) in [6.45, 7) is 2.66. The molecule has 4 aromatic heterocycles. The van der Waals surface area contributed by atoms with Gasteiger partial charge in [-0.2, -0.15) is 0 Å². The molecule has 0 aromatic carbocycles. The summed E-state index contributed by atoms with van der Waals surface area (Å²) in [5.74, 6) is 0.896. The van der Waals surface area contributed by atoms with Crippen molar-refractivity contribution < 1.29 is 4.42 Å². The summed E-state index contributed by atoms with van der Waals surface area (Å²) in [5, 5.41) is 8.25. The van der Waals surface area contributed by atoms with Crippen molar-refractivity contribution in [2.45, 2.75) is 13.5 Å². The van der Waals surface area contributed by atoms with Crippen LogP contribution in [0.25, 0.3) is 16.3 Å². The molecular weight excluding hydrogens is 304 g/mol. The molecule has 4 rings (SSSR count). The summed E-state index contributed by atoms with van der Waals surface area (Å²) in [6.07, 6.45) is 3.71. The largest absolute Gasteiger partial charge is 0.467 e. The Balaban J connectivity index is 1.62. The number of aromatic nitrogens is 3. The van der Waals surface area contributed by atoms with E-state index in [0.717, 1.165) is 32.9 Å². The van der Waals surface area contributed by atoms with Gasteiger partial charge >= 0.3 is 0 Å². The Labute approximate surface area is 128 Å². The number of nitrogens with zero attached hydrogens (tertiary/aromatic N) is 3. The van der Waals surface area contributed by atoms with E-state index in [4.69, 9.17) is 4.42 Å². The number of fused-ring (bicyclic) bond motifs is 1. The molecule has 4 aromatic rings. The molecule has 0 unspecified atom stereocenters. The maximum Gasteiger partial charge on any atom is 0.194 e. The van der Waals surface area contributed by atoms with E-state index in [9.17, 15) is 0 Å². The third-order valence-electron chi connectivity index (χ3n) is 3.18. The van der Waals surface area contributed by atoms with Gasteiger partial charge in [0.05, 0.1) is 24.2 Å². The minimum Gasteiger partial charge on any atom is -0.467 e. The van der Waals surface area contributed by atoms with Crippen molar-refractivity contribution in [1.82, 2.24) is 14.4 Å². The number of thiazole rings is 2. The van der Waals surface area contributed by atoms with Crippen LogP contribution >= 0.6 is 22.7 Å². The summed E-state index contributed by atoms with van der Waals surface area (Å²) in [4.78, 5) is 10.2. The Morgan fingerprint density at radius 3 is 3.14 bits per heavy atom. The molecule has 0 saturated carbocycles. The highest BCUT2D eigenvalue weighted by Gasteiger charge is 2.14. The van der Waals surface area contributed by atoms with Crippen molar-refractivity contribution in [2.75, 3.05) is 5.32 Å². The van der Waals surface area contributed by atoms with Crippen LogP contribution in [0.4, 0.5) is 5.13 Å². The number of furan rings is 1. The van der Waals surface area contributed by atoms with Gasteiger partial charge < -0.3 is 9.73 Å². The normalized spacial score (nSPS) is 11.3. The Hall–Kier alpha value is -2.12. The molecule has 1 N–H and O–H groups in total. The van der Waals surface area contributed by atoms with E-state index in [1.165, 1.54) is 0 Å². The molecule has 0 atom stereocenters. The van der Waals surface area contributed by atoms with Crippen LogP contribution < -0.4 is 5.32 Å². The average Bonchev–Trinajstić information content (AvgIpc) is 3.20. The zero-order chi connectivity index (χ0) is 14.2. The number of hydrogen-bond acceptors (Lipinski definition) is 6. The molecule has 0 aliphatic rings. The molecule has 0 radical (unpaired) electrons. The first kappa shape index (κ1) is 12.6. The van der Waals surface area contributed by atoms with Crippen LogP contribution in [0.2, 0.25) is 0 Å². The van der Waals surface area contributed by atoms with Gasteiger partial charge in [-0.3, -0.25) is 4.40 Å². The zero-order valence-electron chi connectivity index (χ0n) is 11.2. The van der Waals surface area contributed by atoms with Crippen LogP contribution in [0, 0.1) is 6.92 Å². The lowest BCUT2D eigenvalue weighted by molar-refractivity contribution is 0.518. The van der Waals surface area contributed by atoms with Gasteiger partial charge in [0.25, 0.3) is 0 Å². The maximum atomic E-state index is 5.30. The lowest BCUT2D eigenvalue weighted by Gasteiger charge is -1.99. The number of aryl methyl sites for hydroxylation is 1. The molecule has 0 bridgehead atoms. The van der Waals surface area contributed by atoms with Crippen molar-refractivity contribution in [1.29, 1.82) is 0 Å². The molecule has 4 heterocycles. The molecule has 5 nitrogen and oxygen atoms in total. The zero-order valence-corrected chi connectivity index (χ0v) is 12.9. The van der Waals surface area contributed by atoms with E-state index in [0.29, 0.717) is 6.54 Å². The van der Waals surface area contributed by atoms with Crippen molar-refractivity contribution in [3.63, 3.8) is 0 Å². The van der Waals surface area contributed by atoms with E-state index in [1.54, 1.807) is 28.9 Å². The minimum absolute atomic E-state index is 0.638. The quantitative estimate of drug-likeness (QED) is 0.617. The lowest BCUT2D eigenvalue weighted by atomic mass is 10.3. The van der Waals surface area contributed by atoms with E-state index in [1.807, 2.05) is 30.6 Å². The number of hydrogen-bond donors (Lipinski definition) is 1. The molecule has 0 aliphatic carbocycles. The maximum absolute atomic E-state index is 5.30. The van der Waals surface area contributed by atoms with Gasteiger partial charge in [-0.05, 0) is 19.1 Å². The van der Waals surface area contributed by atoms with Crippen LogP contribution in [-0.4, -0.2) is 14.4 Å². The first-order valence-corrected chi connectivity index (χ1v) is 8.21. The summed E-state index contributed by atoms with van der Waals surface area (Å²) in [5.41, 5.74) is 3.02. The van der Waals surface area contributed by atoms with Crippen molar-refractivity contribution >= 4 is 32.8 Å². The third-order valence-corrected chi connectivity index (χ3v) is 4.73. The summed E-state index contributed by atoms with van der Waals surface area (Å²) in [6, 6.07) is 3.82. The minimum atomic E-state index is 0.638. The van der Waals surface area contributed by atoms with Crippen LogP contribution in [0.3, 0.4) is 0 Å². The number of anilines is 1. The molecule has 0 saturated heterocycles. The van der Waals surface area contributed by atoms with Gasteiger partial charge in [0, 0.05) is 17.0 Å². The second-order valence-electron chi connectivity index (χ2n) is 4.57. The van der Waals surface area contributed by atoms with Gasteiger partial charge in [-0.1, -0.05) is 0 Å². The monoisotopic (exact) mass is 316 g/mol. The second kappa shape index (κ2) is 5.01. The van der Waals surface area contributed by atoms with E-state index >= 15 is 0 Å². The Morgan fingerprint density at radius 2 is 2.29 bits per heavy atom. The fraction of sp³-hybridized carbons (Fsp3) is 0.143. The molecule has 0 fully saturated rings. The molecular formula is C14H12N4OS2. The van der Waals surface area contributed by atoms with Gasteiger partial charge in [-0.15, -0.1) is 22.7 Å². The van der Waals surface area contributed by atoms with E-state index in [-0.39, 0.29) is 0 Å². The standard InChI is InChI=1S/C14H12N4OS2/c1-9-12(18-4-6-20-14(18)16-9)11-8-21-13(17-11)15-7-10-3-2-5-19-10/h2-6,8H,7H2,1H3,(H,15,17). The van der Waals surface area contributed by atoms with Crippen LogP contribution in [0.1, 0.15) is 11.5 Å². The molecule has 106 valence electrons. The third kappa shape index (κ3) is 2.24. The predicted molar refractivity (Wildman–Crippen MR) is 84.9 cm³/mol. The number of nitrogens with one attached hydrogen (secondary N) is 1. The van der Waals surface area contributed by atoms with Crippen molar-refractivity contribution in [3.05, 3.63) is 46.8 Å². The topological polar surface area (TPSA) is 55.4 Å². The predicted octanol–water partition coefficient (Wildman–Crippen LogP) is 4.03. The van der Waals surface area contributed by atoms with Crippen LogP contribution in [-0.2, 0) is 6.54 Å². The first-order chi connectivity index (χ1) is 10.3. The van der Waals surface area contributed by atoms with Crippen molar-refractivity contribution in [3.8, 4) is 11.4 Å². The fourth-order valence-electron chi connectivity index (χ4n) is 2.24. The van der Waals surface area contributed by atoms with E-state index in [2.05, 4.69) is 25.1 Å². The molecule has 0 amide bonds. The van der Waals surface area contributed by atoms with Crippen molar-refractivity contribution in [2.24, 2.45) is 0 Å². The van der Waals surface area contributed by atoms with Gasteiger partial charge in [0.1, 0.15) is 11.5 Å². The highest BCUT2D eigenvalue weighted by atomic mass is 32.1. The van der Waals surface area contributed by atoms with Gasteiger partial charge in [0.2, 0.25) is 0 Å². The smallest absolute Gasteiger partial charge is 0.194 e. The molecule has 0 spiro atoms. The molecule has 0 aliphatic heterocycles. The highest BCUT2D eigenvalue weighted by molar-refractivity contribution is 7.15. The molecule has 7 heteroatoms. The van der Waals surface area contributed by atoms with Gasteiger partial charge in [0.15, 0.2) is 10.1 Å². The second-order valence-corrected chi connectivity index (χ2v) is 6.30. The number of rotatable bonds is 4.